The molecule has 1 saturated heterocycles. The molecule has 34 heavy (non-hydrogen) atoms. The number of carbonyl (C=O) groups excluding carboxylic acids is 1. The predicted molar refractivity (Wildman–Crippen MR) is 129 cm³/mol. The molecule has 2 heterocycles. The van der Waals surface area contributed by atoms with Gasteiger partial charge in [-0.25, -0.2) is 4.39 Å². The lowest BCUT2D eigenvalue weighted by atomic mass is 10.1. The molecule has 1 aliphatic heterocycles. The van der Waals surface area contributed by atoms with Gasteiger partial charge in [-0.3, -0.25) is 4.79 Å². The van der Waals surface area contributed by atoms with Gasteiger partial charge in [-0.2, -0.15) is 0 Å². The number of benzene rings is 2. The zero-order chi connectivity index (χ0) is 24.1. The monoisotopic (exact) mass is 505 g/mol. The number of nitrogens with one attached hydrogen (secondary N) is 1. The maximum atomic E-state index is 13.7. The minimum Gasteiger partial charge on any atom is -0.489 e. The lowest BCUT2D eigenvalue weighted by molar-refractivity contribution is 0.102. The number of aromatic nitrogens is 2. The van der Waals surface area contributed by atoms with E-state index in [2.05, 4.69) is 20.4 Å². The highest BCUT2D eigenvalue weighted by Crippen LogP contribution is 2.28. The summed E-state index contributed by atoms with van der Waals surface area (Å²) in [6, 6.07) is 11.5. The van der Waals surface area contributed by atoms with E-state index in [1.54, 1.807) is 0 Å². The van der Waals surface area contributed by atoms with Crippen LogP contribution in [0.1, 0.15) is 16.1 Å². The Balaban J connectivity index is 1.38. The first-order chi connectivity index (χ1) is 16.4. The summed E-state index contributed by atoms with van der Waals surface area (Å²) >= 11 is 12.1. The molecule has 0 saturated carbocycles. The van der Waals surface area contributed by atoms with E-state index in [9.17, 15) is 9.18 Å². The summed E-state index contributed by atoms with van der Waals surface area (Å²) in [6.07, 6.45) is 0.230. The second-order valence-corrected chi connectivity index (χ2v) is 8.28. The number of anilines is 3. The maximum Gasteiger partial charge on any atom is 0.276 e. The normalized spacial score (nSPS) is 13.6. The highest BCUT2D eigenvalue weighted by atomic mass is 35.5. The molecule has 11 heteroatoms. The molecule has 1 aliphatic rings. The smallest absolute Gasteiger partial charge is 0.276 e. The van der Waals surface area contributed by atoms with E-state index in [4.69, 9.17) is 38.4 Å². The van der Waals surface area contributed by atoms with Crippen LogP contribution in [0.3, 0.4) is 0 Å². The quantitative estimate of drug-likeness (QED) is 0.463. The Morgan fingerprint density at radius 3 is 2.62 bits per heavy atom. The van der Waals surface area contributed by atoms with Crippen molar-refractivity contribution < 1.29 is 18.7 Å². The van der Waals surface area contributed by atoms with Gasteiger partial charge in [-0.1, -0.05) is 23.2 Å². The predicted octanol–water partition coefficient (Wildman–Crippen LogP) is 4.22. The molecule has 178 valence electrons. The number of nitrogens with two attached hydrogens (primary N) is 1. The van der Waals surface area contributed by atoms with Crippen LogP contribution in [0.2, 0.25) is 10.0 Å². The molecular weight excluding hydrogens is 484 g/mol. The van der Waals surface area contributed by atoms with Crippen molar-refractivity contribution in [3.05, 3.63) is 69.6 Å². The lowest BCUT2D eigenvalue weighted by Gasteiger charge is -2.28. The highest BCUT2D eigenvalue weighted by Gasteiger charge is 2.16. The van der Waals surface area contributed by atoms with Gasteiger partial charge >= 0.3 is 0 Å². The molecule has 1 aromatic heterocycles. The van der Waals surface area contributed by atoms with Gasteiger partial charge in [0.15, 0.2) is 17.3 Å². The molecule has 0 radical (unpaired) electrons. The summed E-state index contributed by atoms with van der Waals surface area (Å²) < 4.78 is 24.7. The van der Waals surface area contributed by atoms with Crippen LogP contribution in [0.25, 0.3) is 0 Å². The molecule has 0 aliphatic carbocycles. The number of nitrogens with zero attached hydrogens (tertiary/aromatic N) is 3. The second-order valence-electron chi connectivity index (χ2n) is 7.50. The topological polar surface area (TPSA) is 103 Å². The van der Waals surface area contributed by atoms with Crippen molar-refractivity contribution in [2.75, 3.05) is 48.9 Å². The number of hydrogen-bond acceptors (Lipinski definition) is 7. The molecule has 2 aromatic carbocycles. The number of halogens is 3. The molecule has 1 fully saturated rings. The Kier molecular flexibility index (Phi) is 7.66. The fraction of sp³-hybridized carbons (Fsp3) is 0.261. The molecule has 4 rings (SSSR count). The van der Waals surface area contributed by atoms with Gasteiger partial charge in [0.2, 0.25) is 0 Å². The number of amides is 1. The number of carbonyl (C=O) groups is 1. The van der Waals surface area contributed by atoms with E-state index in [1.165, 1.54) is 18.2 Å². The zero-order valence-electron chi connectivity index (χ0n) is 18.1. The van der Waals surface area contributed by atoms with Gasteiger partial charge in [0.25, 0.3) is 5.91 Å². The summed E-state index contributed by atoms with van der Waals surface area (Å²) in [7, 11) is 0. The van der Waals surface area contributed by atoms with Crippen molar-refractivity contribution in [1.29, 1.82) is 0 Å². The van der Waals surface area contributed by atoms with E-state index < -0.39 is 11.7 Å². The van der Waals surface area contributed by atoms with Crippen LogP contribution in [0.15, 0.2) is 42.5 Å². The van der Waals surface area contributed by atoms with Crippen LogP contribution in [0, 0.1) is 5.82 Å². The van der Waals surface area contributed by atoms with Crippen LogP contribution < -0.4 is 20.7 Å². The van der Waals surface area contributed by atoms with Crippen molar-refractivity contribution in [1.82, 2.24) is 10.2 Å². The lowest BCUT2D eigenvalue weighted by Crippen LogP contribution is -2.36. The van der Waals surface area contributed by atoms with Gasteiger partial charge in [0.05, 0.1) is 24.8 Å². The minimum atomic E-state index is -0.567. The van der Waals surface area contributed by atoms with Gasteiger partial charge in [0, 0.05) is 42.0 Å². The third-order valence-corrected chi connectivity index (χ3v) is 6.03. The number of hydrogen-bond donors (Lipinski definition) is 2. The minimum absolute atomic E-state index is 0.0165. The molecule has 0 atom stereocenters. The van der Waals surface area contributed by atoms with Crippen molar-refractivity contribution in [3.8, 4) is 5.75 Å². The molecule has 8 nitrogen and oxygen atoms in total. The van der Waals surface area contributed by atoms with Gasteiger partial charge in [-0.05, 0) is 42.0 Å². The van der Waals surface area contributed by atoms with Crippen molar-refractivity contribution >= 4 is 46.3 Å². The molecule has 3 N–H and O–H groups in total. The van der Waals surface area contributed by atoms with Gasteiger partial charge in [-0.15, -0.1) is 10.2 Å². The van der Waals surface area contributed by atoms with Crippen LogP contribution >= 0.6 is 23.2 Å². The molecule has 1 amide bonds. The first-order valence-corrected chi connectivity index (χ1v) is 11.3. The molecule has 0 bridgehead atoms. The number of ether oxygens (including phenoxy) is 2. The molecular formula is C23H22Cl2FN5O3. The standard InChI is InChI=1S/C23H22Cl2FN5O3/c24-17-5-6-18(26)21(25)16(17)7-10-34-20-13-19(29-30-22(20)27)23(32)28-14-1-3-15(4-2-14)31-8-11-33-12-9-31/h1-6,13H,7-12H2,(H2,27,30)(H,28,32). The fourth-order valence-corrected chi connectivity index (χ4v) is 4.00. The van der Waals surface area contributed by atoms with Crippen LogP contribution in [-0.2, 0) is 11.2 Å². The van der Waals surface area contributed by atoms with Crippen LogP contribution in [-0.4, -0.2) is 49.0 Å². The summed E-state index contributed by atoms with van der Waals surface area (Å²) in [6.45, 7) is 3.13. The first kappa shape index (κ1) is 24.0. The Morgan fingerprint density at radius 1 is 1.15 bits per heavy atom. The average Bonchev–Trinajstić information content (AvgIpc) is 2.85. The Morgan fingerprint density at radius 2 is 1.88 bits per heavy atom. The van der Waals surface area contributed by atoms with E-state index in [1.807, 2.05) is 24.3 Å². The van der Waals surface area contributed by atoms with Crippen molar-refractivity contribution in [3.63, 3.8) is 0 Å². The van der Waals surface area contributed by atoms with E-state index in [0.717, 1.165) is 18.8 Å². The third-order valence-electron chi connectivity index (χ3n) is 5.27. The molecule has 3 aromatic rings. The molecule has 0 unspecified atom stereocenters. The summed E-state index contributed by atoms with van der Waals surface area (Å²) in [4.78, 5) is 14.9. The Labute approximate surface area is 205 Å². The number of morpholine rings is 1. The SMILES string of the molecule is Nc1nnc(C(=O)Nc2ccc(N3CCOCC3)cc2)cc1OCCc1c(Cl)ccc(F)c1Cl. The summed E-state index contributed by atoms with van der Waals surface area (Å²) in [5.41, 5.74) is 7.95. The Bertz CT molecular complexity index is 1170. The van der Waals surface area contributed by atoms with Crippen molar-refractivity contribution in [2.45, 2.75) is 6.42 Å². The average molecular weight is 506 g/mol. The third kappa shape index (κ3) is 5.67. The van der Waals surface area contributed by atoms with Crippen LogP contribution in [0.4, 0.5) is 21.6 Å². The molecule has 0 spiro atoms. The van der Waals surface area contributed by atoms with E-state index in [0.29, 0.717) is 29.5 Å². The van der Waals surface area contributed by atoms with Gasteiger partial charge in [0.1, 0.15) is 5.82 Å². The fourth-order valence-electron chi connectivity index (χ4n) is 3.44. The second kappa shape index (κ2) is 10.9. The van der Waals surface area contributed by atoms with E-state index >= 15 is 0 Å². The Hall–Kier alpha value is -3.14. The van der Waals surface area contributed by atoms with Gasteiger partial charge < -0.3 is 25.4 Å². The van der Waals surface area contributed by atoms with E-state index in [-0.39, 0.29) is 35.3 Å². The zero-order valence-corrected chi connectivity index (χ0v) is 19.6. The van der Waals surface area contributed by atoms with Crippen LogP contribution in [0.5, 0.6) is 5.75 Å². The number of nitrogen functional groups attached to an aromatic ring is 1. The summed E-state index contributed by atoms with van der Waals surface area (Å²) in [5.74, 6) is -0.843. The maximum absolute atomic E-state index is 13.7. The van der Waals surface area contributed by atoms with Crippen molar-refractivity contribution in [2.24, 2.45) is 0 Å². The highest BCUT2D eigenvalue weighted by molar-refractivity contribution is 6.36. The summed E-state index contributed by atoms with van der Waals surface area (Å²) in [5, 5.41) is 10.7. The largest absolute Gasteiger partial charge is 0.489 e. The first-order valence-electron chi connectivity index (χ1n) is 10.5. The number of rotatable bonds is 7.